The summed E-state index contributed by atoms with van der Waals surface area (Å²) in [7, 11) is 0. The van der Waals surface area contributed by atoms with E-state index in [0.29, 0.717) is 28.9 Å². The average Bonchev–Trinajstić information content (AvgIpc) is 2.41. The fourth-order valence-electron chi connectivity index (χ4n) is 1.44. The van der Waals surface area contributed by atoms with Crippen LogP contribution in [-0.4, -0.2) is 4.98 Å². The third-order valence-electron chi connectivity index (χ3n) is 2.43. The van der Waals surface area contributed by atoms with Gasteiger partial charge in [0.25, 0.3) is 0 Å². The number of ether oxygens (including phenoxy) is 1. The summed E-state index contributed by atoms with van der Waals surface area (Å²) in [6.07, 6.45) is 1.64. The van der Waals surface area contributed by atoms with Gasteiger partial charge in [0.1, 0.15) is 12.4 Å². The van der Waals surface area contributed by atoms with Crippen LogP contribution in [0.15, 0.2) is 36.5 Å². The number of benzene rings is 1. The maximum Gasteiger partial charge on any atom is 0.138 e. The van der Waals surface area contributed by atoms with Crippen LogP contribution in [0.25, 0.3) is 0 Å². The number of rotatable bonds is 4. The van der Waals surface area contributed by atoms with Crippen LogP contribution >= 0.6 is 23.2 Å². The van der Waals surface area contributed by atoms with Crippen molar-refractivity contribution in [2.75, 3.05) is 0 Å². The fourth-order valence-corrected chi connectivity index (χ4v) is 1.81. The molecule has 18 heavy (non-hydrogen) atoms. The molecule has 0 aliphatic heterocycles. The molecule has 5 heteroatoms. The van der Waals surface area contributed by atoms with Gasteiger partial charge in [0, 0.05) is 12.1 Å². The van der Waals surface area contributed by atoms with Gasteiger partial charge < -0.3 is 10.5 Å². The quantitative estimate of drug-likeness (QED) is 0.935. The Morgan fingerprint density at radius 2 is 2.00 bits per heavy atom. The van der Waals surface area contributed by atoms with Crippen molar-refractivity contribution in [2.45, 2.75) is 13.2 Å². The maximum atomic E-state index is 6.06. The highest BCUT2D eigenvalue weighted by Crippen LogP contribution is 2.26. The Morgan fingerprint density at radius 1 is 1.17 bits per heavy atom. The minimum absolute atomic E-state index is 0.350. The number of aromatic nitrogens is 1. The van der Waals surface area contributed by atoms with Crippen molar-refractivity contribution in [3.8, 4) is 5.75 Å². The topological polar surface area (TPSA) is 48.1 Å². The van der Waals surface area contributed by atoms with E-state index in [0.717, 1.165) is 11.3 Å². The zero-order chi connectivity index (χ0) is 13.0. The van der Waals surface area contributed by atoms with Crippen LogP contribution in [-0.2, 0) is 13.2 Å². The van der Waals surface area contributed by atoms with Gasteiger partial charge in [-0.3, -0.25) is 4.98 Å². The molecular weight excluding hydrogens is 271 g/mol. The summed E-state index contributed by atoms with van der Waals surface area (Å²) in [6, 6.07) is 9.10. The summed E-state index contributed by atoms with van der Waals surface area (Å²) in [5, 5.41) is 1.04. The Bertz CT molecular complexity index is 529. The zero-order valence-corrected chi connectivity index (χ0v) is 11.1. The first-order chi connectivity index (χ1) is 8.70. The van der Waals surface area contributed by atoms with Crippen LogP contribution in [0, 0.1) is 0 Å². The summed E-state index contributed by atoms with van der Waals surface area (Å²) in [5.74, 6) is 0.670. The maximum absolute atomic E-state index is 6.06. The summed E-state index contributed by atoms with van der Waals surface area (Å²) in [6.45, 7) is 0.767. The van der Waals surface area contributed by atoms with Crippen LogP contribution < -0.4 is 10.5 Å². The second-order valence-corrected chi connectivity index (χ2v) is 4.48. The van der Waals surface area contributed by atoms with Gasteiger partial charge in [-0.1, -0.05) is 35.3 Å². The molecule has 2 N–H and O–H groups in total. The highest BCUT2D eigenvalue weighted by atomic mass is 35.5. The monoisotopic (exact) mass is 282 g/mol. The molecule has 0 unspecified atom stereocenters. The first kappa shape index (κ1) is 13.1. The van der Waals surface area contributed by atoms with Crippen molar-refractivity contribution in [3.63, 3.8) is 0 Å². The molecule has 1 aromatic heterocycles. The minimum Gasteiger partial charge on any atom is -0.487 e. The van der Waals surface area contributed by atoms with E-state index in [1.165, 1.54) is 0 Å². The molecule has 1 aromatic carbocycles. The predicted octanol–water partition coefficient (Wildman–Crippen LogP) is 3.43. The lowest BCUT2D eigenvalue weighted by Crippen LogP contribution is -2.00. The fraction of sp³-hybridized carbons (Fsp3) is 0.154. The van der Waals surface area contributed by atoms with Gasteiger partial charge in [-0.2, -0.15) is 0 Å². The first-order valence-electron chi connectivity index (χ1n) is 5.41. The summed E-state index contributed by atoms with van der Waals surface area (Å²) in [5.41, 5.74) is 7.13. The van der Waals surface area contributed by atoms with E-state index < -0.39 is 0 Å². The molecule has 0 amide bonds. The van der Waals surface area contributed by atoms with Crippen molar-refractivity contribution >= 4 is 23.2 Å². The largest absolute Gasteiger partial charge is 0.487 e. The SMILES string of the molecule is NCc1ccc(OCc2cccc(Cl)c2Cl)cn1. The summed E-state index contributed by atoms with van der Waals surface area (Å²) < 4.78 is 5.58. The standard InChI is InChI=1S/C13H12Cl2N2O/c14-12-3-1-2-9(13(12)15)8-18-11-5-4-10(6-16)17-7-11/h1-5,7H,6,8,16H2. The number of hydrogen-bond acceptors (Lipinski definition) is 3. The number of nitrogens with two attached hydrogens (primary N) is 1. The van der Waals surface area contributed by atoms with Gasteiger partial charge in [0.15, 0.2) is 0 Å². The second-order valence-electron chi connectivity index (χ2n) is 3.69. The van der Waals surface area contributed by atoms with Crippen LogP contribution in [0.1, 0.15) is 11.3 Å². The third kappa shape index (κ3) is 3.13. The summed E-state index contributed by atoms with van der Waals surface area (Å²) >= 11 is 12.0. The first-order valence-corrected chi connectivity index (χ1v) is 6.17. The highest BCUT2D eigenvalue weighted by Gasteiger charge is 2.05. The molecular formula is C13H12Cl2N2O. The number of pyridine rings is 1. The zero-order valence-electron chi connectivity index (χ0n) is 9.57. The lowest BCUT2D eigenvalue weighted by atomic mass is 10.2. The van der Waals surface area contributed by atoms with E-state index in [-0.39, 0.29) is 0 Å². The van der Waals surface area contributed by atoms with Gasteiger partial charge in [-0.25, -0.2) is 0 Å². The van der Waals surface area contributed by atoms with Gasteiger partial charge in [-0.05, 0) is 18.2 Å². The van der Waals surface area contributed by atoms with Crippen molar-refractivity contribution in [2.24, 2.45) is 5.73 Å². The number of nitrogens with zero attached hydrogens (tertiary/aromatic N) is 1. The van der Waals surface area contributed by atoms with Gasteiger partial charge in [0.05, 0.1) is 21.9 Å². The molecule has 2 rings (SSSR count). The van der Waals surface area contributed by atoms with Crippen molar-refractivity contribution in [3.05, 3.63) is 57.8 Å². The molecule has 0 spiro atoms. The lowest BCUT2D eigenvalue weighted by Gasteiger charge is -2.08. The molecule has 0 atom stereocenters. The van der Waals surface area contributed by atoms with Crippen molar-refractivity contribution < 1.29 is 4.74 Å². The van der Waals surface area contributed by atoms with Crippen LogP contribution in [0.5, 0.6) is 5.75 Å². The smallest absolute Gasteiger partial charge is 0.138 e. The molecule has 3 nitrogen and oxygen atoms in total. The van der Waals surface area contributed by atoms with E-state index in [1.54, 1.807) is 12.3 Å². The molecule has 0 radical (unpaired) electrons. The number of halogens is 2. The third-order valence-corrected chi connectivity index (χ3v) is 3.29. The van der Waals surface area contributed by atoms with Crippen molar-refractivity contribution in [1.29, 1.82) is 0 Å². The molecule has 0 aliphatic carbocycles. The van der Waals surface area contributed by atoms with Gasteiger partial charge in [-0.15, -0.1) is 0 Å². The van der Waals surface area contributed by atoms with E-state index in [9.17, 15) is 0 Å². The molecule has 94 valence electrons. The predicted molar refractivity (Wildman–Crippen MR) is 72.9 cm³/mol. The van der Waals surface area contributed by atoms with E-state index in [2.05, 4.69) is 4.98 Å². The Hall–Kier alpha value is -1.29. The molecule has 0 saturated heterocycles. The van der Waals surface area contributed by atoms with E-state index >= 15 is 0 Å². The van der Waals surface area contributed by atoms with Gasteiger partial charge >= 0.3 is 0 Å². The Morgan fingerprint density at radius 3 is 2.67 bits per heavy atom. The molecule has 0 aliphatic rings. The summed E-state index contributed by atoms with van der Waals surface area (Å²) in [4.78, 5) is 4.14. The molecule has 0 fully saturated rings. The van der Waals surface area contributed by atoms with Crippen LogP contribution in [0.2, 0.25) is 10.0 Å². The number of hydrogen-bond donors (Lipinski definition) is 1. The minimum atomic E-state index is 0.350. The van der Waals surface area contributed by atoms with E-state index in [4.69, 9.17) is 33.7 Å². The Kier molecular flexibility index (Phi) is 4.42. The van der Waals surface area contributed by atoms with Crippen molar-refractivity contribution in [1.82, 2.24) is 4.98 Å². The molecule has 1 heterocycles. The molecule has 0 saturated carbocycles. The van der Waals surface area contributed by atoms with E-state index in [1.807, 2.05) is 24.3 Å². The van der Waals surface area contributed by atoms with Gasteiger partial charge in [0.2, 0.25) is 0 Å². The van der Waals surface area contributed by atoms with Crippen LogP contribution in [0.3, 0.4) is 0 Å². The highest BCUT2D eigenvalue weighted by molar-refractivity contribution is 6.42. The lowest BCUT2D eigenvalue weighted by molar-refractivity contribution is 0.305. The van der Waals surface area contributed by atoms with Crippen LogP contribution in [0.4, 0.5) is 0 Å². The molecule has 2 aromatic rings. The Labute approximate surface area is 115 Å². The average molecular weight is 283 g/mol. The Balaban J connectivity index is 2.04. The normalized spacial score (nSPS) is 10.4. The second kappa shape index (κ2) is 6.05. The molecule has 0 bridgehead atoms.